The Balaban J connectivity index is 1.92. The molecule has 0 amide bonds. The zero-order chi connectivity index (χ0) is 10.8. The van der Waals surface area contributed by atoms with Gasteiger partial charge in [0.1, 0.15) is 0 Å². The Labute approximate surface area is 105 Å². The average molecular weight is 316 g/mol. The Kier molecular flexibility index (Phi) is 3.38. The monoisotopic (exact) mass is 316 g/mol. The minimum atomic E-state index is 0.767. The number of hydrogen-bond acceptors (Lipinski definition) is 2. The lowest BCUT2D eigenvalue weighted by Crippen LogP contribution is -2.13. The van der Waals surface area contributed by atoms with Crippen molar-refractivity contribution in [1.29, 1.82) is 0 Å². The van der Waals surface area contributed by atoms with Crippen molar-refractivity contribution in [2.24, 2.45) is 11.8 Å². The highest BCUT2D eigenvalue weighted by Gasteiger charge is 2.27. The number of hydrogen-bond donors (Lipinski definition) is 2. The van der Waals surface area contributed by atoms with Crippen molar-refractivity contribution in [3.05, 3.63) is 21.8 Å². The van der Waals surface area contributed by atoms with E-state index >= 15 is 0 Å². The van der Waals surface area contributed by atoms with Gasteiger partial charge in [-0.15, -0.1) is 0 Å². The normalized spacial score (nSPS) is 17.5. The molecule has 0 bridgehead atoms. The first-order chi connectivity index (χ1) is 7.16. The first-order valence-electron chi connectivity index (χ1n) is 5.45. The van der Waals surface area contributed by atoms with E-state index < -0.39 is 0 Å². The molecule has 1 atom stereocenters. The van der Waals surface area contributed by atoms with Gasteiger partial charge in [0.05, 0.1) is 11.4 Å². The maximum absolute atomic E-state index is 5.93. The second-order valence-electron chi connectivity index (χ2n) is 4.43. The van der Waals surface area contributed by atoms with E-state index in [2.05, 4.69) is 47.0 Å². The number of anilines is 2. The molecule has 1 aliphatic rings. The largest absolute Gasteiger partial charge is 0.397 e. The van der Waals surface area contributed by atoms with Gasteiger partial charge in [0, 0.05) is 10.1 Å². The highest BCUT2D eigenvalue weighted by atomic mass is 127. The van der Waals surface area contributed by atoms with Gasteiger partial charge in [-0.3, -0.25) is 0 Å². The lowest BCUT2D eigenvalue weighted by Gasteiger charge is -2.14. The number of nitrogens with one attached hydrogen (secondary N) is 1. The molecule has 1 unspecified atom stereocenters. The number of nitrogens with two attached hydrogens (primary N) is 1. The molecule has 1 aromatic carbocycles. The van der Waals surface area contributed by atoms with Gasteiger partial charge in [-0.2, -0.15) is 0 Å². The maximum atomic E-state index is 5.93. The van der Waals surface area contributed by atoms with E-state index in [1.165, 1.54) is 16.4 Å². The number of nitrogen functional groups attached to an aromatic ring is 1. The topological polar surface area (TPSA) is 38.0 Å². The average Bonchev–Trinajstić information content (AvgIpc) is 2.99. The fourth-order valence-corrected chi connectivity index (χ4v) is 2.31. The number of benzene rings is 1. The van der Waals surface area contributed by atoms with Crippen LogP contribution in [0.4, 0.5) is 11.4 Å². The van der Waals surface area contributed by atoms with E-state index in [9.17, 15) is 0 Å². The molecule has 1 fully saturated rings. The van der Waals surface area contributed by atoms with Crippen molar-refractivity contribution in [2.45, 2.75) is 19.8 Å². The third-order valence-corrected chi connectivity index (χ3v) is 3.73. The van der Waals surface area contributed by atoms with E-state index in [1.54, 1.807) is 0 Å². The molecule has 0 heterocycles. The number of rotatable bonds is 4. The van der Waals surface area contributed by atoms with E-state index in [0.29, 0.717) is 0 Å². The molecule has 1 saturated carbocycles. The van der Waals surface area contributed by atoms with Crippen LogP contribution in [0.25, 0.3) is 0 Å². The first-order valence-corrected chi connectivity index (χ1v) is 6.53. The Hall–Kier alpha value is -0.450. The highest BCUT2D eigenvalue weighted by molar-refractivity contribution is 14.1. The van der Waals surface area contributed by atoms with Crippen LogP contribution < -0.4 is 11.1 Å². The van der Waals surface area contributed by atoms with Crippen LogP contribution in [-0.4, -0.2) is 6.54 Å². The van der Waals surface area contributed by atoms with E-state index in [0.717, 1.165) is 29.8 Å². The van der Waals surface area contributed by atoms with Gasteiger partial charge in [-0.05, 0) is 65.5 Å². The van der Waals surface area contributed by atoms with Gasteiger partial charge in [0.15, 0.2) is 0 Å². The Morgan fingerprint density at radius 1 is 1.53 bits per heavy atom. The fourth-order valence-electron chi connectivity index (χ4n) is 1.80. The SMILES string of the molecule is CC(CNc1ccc(I)cc1N)C1CC1. The third-order valence-electron chi connectivity index (χ3n) is 3.05. The summed E-state index contributed by atoms with van der Waals surface area (Å²) in [5.41, 5.74) is 7.86. The quantitative estimate of drug-likeness (QED) is 0.660. The predicted molar refractivity (Wildman–Crippen MR) is 73.9 cm³/mol. The van der Waals surface area contributed by atoms with Gasteiger partial charge in [-0.1, -0.05) is 6.92 Å². The smallest absolute Gasteiger partial charge is 0.0574 e. The molecule has 82 valence electrons. The van der Waals surface area contributed by atoms with Crippen molar-refractivity contribution >= 4 is 34.0 Å². The minimum Gasteiger partial charge on any atom is -0.397 e. The zero-order valence-electron chi connectivity index (χ0n) is 8.96. The molecule has 3 heteroatoms. The van der Waals surface area contributed by atoms with E-state index in [4.69, 9.17) is 5.73 Å². The van der Waals surface area contributed by atoms with Crippen molar-refractivity contribution in [3.63, 3.8) is 0 Å². The summed E-state index contributed by atoms with van der Waals surface area (Å²) < 4.78 is 1.19. The standard InChI is InChI=1S/C12H17IN2/c1-8(9-2-3-9)7-15-12-5-4-10(13)6-11(12)14/h4-6,8-9,15H,2-3,7,14H2,1H3. The molecule has 0 saturated heterocycles. The Morgan fingerprint density at radius 2 is 2.27 bits per heavy atom. The molecule has 0 spiro atoms. The van der Waals surface area contributed by atoms with Crippen molar-refractivity contribution in [1.82, 2.24) is 0 Å². The van der Waals surface area contributed by atoms with Crippen LogP contribution in [0.1, 0.15) is 19.8 Å². The summed E-state index contributed by atoms with van der Waals surface area (Å²) in [6, 6.07) is 6.16. The fraction of sp³-hybridized carbons (Fsp3) is 0.500. The predicted octanol–water partition coefficient (Wildman–Crippen LogP) is 3.33. The number of halogens is 1. The minimum absolute atomic E-state index is 0.767. The Bertz CT molecular complexity index is 347. The summed E-state index contributed by atoms with van der Waals surface area (Å²) in [7, 11) is 0. The summed E-state index contributed by atoms with van der Waals surface area (Å²) in [5, 5.41) is 3.43. The van der Waals surface area contributed by atoms with Gasteiger partial charge >= 0.3 is 0 Å². The molecule has 0 aromatic heterocycles. The van der Waals surface area contributed by atoms with Crippen LogP contribution >= 0.6 is 22.6 Å². The molecule has 0 aliphatic heterocycles. The zero-order valence-corrected chi connectivity index (χ0v) is 11.1. The second kappa shape index (κ2) is 4.60. The molecule has 0 radical (unpaired) electrons. The van der Waals surface area contributed by atoms with Gasteiger partial charge in [-0.25, -0.2) is 0 Å². The highest BCUT2D eigenvalue weighted by Crippen LogP contribution is 2.36. The van der Waals surface area contributed by atoms with E-state index in [-0.39, 0.29) is 0 Å². The summed E-state index contributed by atoms with van der Waals surface area (Å²) in [6.07, 6.45) is 2.82. The molecular formula is C12H17IN2. The Morgan fingerprint density at radius 3 is 2.87 bits per heavy atom. The summed E-state index contributed by atoms with van der Waals surface area (Å²) >= 11 is 2.28. The molecule has 2 rings (SSSR count). The second-order valence-corrected chi connectivity index (χ2v) is 5.67. The molecule has 1 aromatic rings. The van der Waals surface area contributed by atoms with Crippen LogP contribution in [0.5, 0.6) is 0 Å². The van der Waals surface area contributed by atoms with Gasteiger partial charge < -0.3 is 11.1 Å². The van der Waals surface area contributed by atoms with Crippen LogP contribution in [0.2, 0.25) is 0 Å². The molecule has 3 N–H and O–H groups in total. The lowest BCUT2D eigenvalue weighted by molar-refractivity contribution is 0.537. The van der Waals surface area contributed by atoms with Gasteiger partial charge in [0.25, 0.3) is 0 Å². The summed E-state index contributed by atoms with van der Waals surface area (Å²) in [5.74, 6) is 1.71. The summed E-state index contributed by atoms with van der Waals surface area (Å²) in [4.78, 5) is 0. The van der Waals surface area contributed by atoms with Crippen LogP contribution in [-0.2, 0) is 0 Å². The first kappa shape index (κ1) is 11.0. The van der Waals surface area contributed by atoms with Crippen molar-refractivity contribution in [3.8, 4) is 0 Å². The molecular weight excluding hydrogens is 299 g/mol. The summed E-state index contributed by atoms with van der Waals surface area (Å²) in [6.45, 7) is 3.35. The van der Waals surface area contributed by atoms with Gasteiger partial charge in [0.2, 0.25) is 0 Å². The molecule has 15 heavy (non-hydrogen) atoms. The van der Waals surface area contributed by atoms with Crippen LogP contribution in [0.15, 0.2) is 18.2 Å². The van der Waals surface area contributed by atoms with Crippen LogP contribution in [0.3, 0.4) is 0 Å². The van der Waals surface area contributed by atoms with Crippen molar-refractivity contribution in [2.75, 3.05) is 17.6 Å². The molecule has 2 nitrogen and oxygen atoms in total. The van der Waals surface area contributed by atoms with E-state index in [1.807, 2.05) is 6.07 Å². The lowest BCUT2D eigenvalue weighted by atomic mass is 10.1. The van der Waals surface area contributed by atoms with Crippen molar-refractivity contribution < 1.29 is 0 Å². The maximum Gasteiger partial charge on any atom is 0.0574 e. The molecule has 1 aliphatic carbocycles. The third kappa shape index (κ3) is 3.00. The van der Waals surface area contributed by atoms with Crippen LogP contribution in [0, 0.1) is 15.4 Å².